The SMILES string of the molecule is CCOc1cc(/C=N/NC(=O)c2ccc(OCc3ccc(Br)cc3)cc2)ccc1OC(=O)c1cccc(OC)c1. The molecule has 0 aliphatic carbocycles. The first kappa shape index (κ1) is 28.4. The molecule has 1 N–H and O–H groups in total. The Hall–Kier alpha value is -4.63. The number of esters is 1. The Balaban J connectivity index is 1.34. The standard InChI is InChI=1S/C31H27BrN2O6/c1-3-38-29-17-22(9-16-28(29)40-31(36)24-5-4-6-27(18-24)37-2)19-33-34-30(35)23-10-14-26(15-11-23)39-20-21-7-12-25(32)13-8-21/h4-19H,3,20H2,1-2H3,(H,34,35)/b33-19+. The molecular weight excluding hydrogens is 576 g/mol. The first-order valence-corrected chi connectivity index (χ1v) is 13.2. The number of ether oxygens (including phenoxy) is 4. The molecule has 0 spiro atoms. The summed E-state index contributed by atoms with van der Waals surface area (Å²) in [6.07, 6.45) is 1.48. The van der Waals surface area contributed by atoms with E-state index in [1.54, 1.807) is 66.7 Å². The number of hydrazone groups is 1. The highest BCUT2D eigenvalue weighted by Crippen LogP contribution is 2.29. The van der Waals surface area contributed by atoms with Gasteiger partial charge in [-0.1, -0.05) is 34.1 Å². The molecule has 40 heavy (non-hydrogen) atoms. The van der Waals surface area contributed by atoms with Crippen LogP contribution in [0, 0.1) is 0 Å². The van der Waals surface area contributed by atoms with Crippen molar-refractivity contribution in [3.05, 3.63) is 118 Å². The van der Waals surface area contributed by atoms with Gasteiger partial charge in [0, 0.05) is 10.0 Å². The first-order valence-electron chi connectivity index (χ1n) is 12.4. The maximum Gasteiger partial charge on any atom is 0.343 e. The van der Waals surface area contributed by atoms with Gasteiger partial charge < -0.3 is 18.9 Å². The summed E-state index contributed by atoms with van der Waals surface area (Å²) in [6.45, 7) is 2.61. The van der Waals surface area contributed by atoms with Crippen LogP contribution in [0.1, 0.15) is 38.8 Å². The van der Waals surface area contributed by atoms with Crippen LogP contribution in [0.3, 0.4) is 0 Å². The van der Waals surface area contributed by atoms with Crippen LogP contribution in [-0.4, -0.2) is 31.8 Å². The number of methoxy groups -OCH3 is 1. The lowest BCUT2D eigenvalue weighted by atomic mass is 10.2. The van der Waals surface area contributed by atoms with E-state index in [4.69, 9.17) is 18.9 Å². The number of amides is 1. The largest absolute Gasteiger partial charge is 0.497 e. The van der Waals surface area contributed by atoms with E-state index in [2.05, 4.69) is 26.5 Å². The molecule has 0 aliphatic heterocycles. The molecule has 4 aromatic rings. The topological polar surface area (TPSA) is 95.5 Å². The maximum absolute atomic E-state index is 12.6. The molecule has 0 fully saturated rings. The van der Waals surface area contributed by atoms with Gasteiger partial charge in [-0.2, -0.15) is 5.10 Å². The molecule has 4 aromatic carbocycles. The molecule has 0 saturated heterocycles. The normalized spacial score (nSPS) is 10.7. The molecule has 0 unspecified atom stereocenters. The summed E-state index contributed by atoms with van der Waals surface area (Å²) in [6, 6.07) is 26.3. The van der Waals surface area contributed by atoms with Gasteiger partial charge in [-0.05, 0) is 90.8 Å². The van der Waals surface area contributed by atoms with E-state index in [9.17, 15) is 9.59 Å². The minimum Gasteiger partial charge on any atom is -0.497 e. The minimum atomic E-state index is -0.543. The number of hydrogen-bond donors (Lipinski definition) is 1. The lowest BCUT2D eigenvalue weighted by Gasteiger charge is -2.11. The maximum atomic E-state index is 12.6. The summed E-state index contributed by atoms with van der Waals surface area (Å²) in [5.41, 5.74) is 4.97. The zero-order valence-electron chi connectivity index (χ0n) is 21.9. The highest BCUT2D eigenvalue weighted by Gasteiger charge is 2.14. The molecule has 0 saturated carbocycles. The Morgan fingerprint density at radius 3 is 2.35 bits per heavy atom. The summed E-state index contributed by atoms with van der Waals surface area (Å²) in [5.74, 6) is 0.918. The van der Waals surface area contributed by atoms with Crippen molar-refractivity contribution in [2.24, 2.45) is 5.10 Å². The van der Waals surface area contributed by atoms with Gasteiger partial charge in [0.2, 0.25) is 0 Å². The van der Waals surface area contributed by atoms with Crippen molar-refractivity contribution in [1.82, 2.24) is 5.43 Å². The Bertz CT molecular complexity index is 1490. The zero-order valence-corrected chi connectivity index (χ0v) is 23.5. The average molecular weight is 603 g/mol. The highest BCUT2D eigenvalue weighted by molar-refractivity contribution is 9.10. The summed E-state index contributed by atoms with van der Waals surface area (Å²) in [7, 11) is 1.53. The van der Waals surface area contributed by atoms with E-state index in [-0.39, 0.29) is 11.7 Å². The van der Waals surface area contributed by atoms with E-state index < -0.39 is 5.97 Å². The second-order valence-corrected chi connectivity index (χ2v) is 9.31. The second kappa shape index (κ2) is 14.0. The third kappa shape index (κ3) is 7.94. The Morgan fingerprint density at radius 1 is 0.850 bits per heavy atom. The third-order valence-electron chi connectivity index (χ3n) is 5.59. The number of carbonyl (C=O) groups excluding carboxylic acids is 2. The fraction of sp³-hybridized carbons (Fsp3) is 0.129. The number of carbonyl (C=O) groups is 2. The van der Waals surface area contributed by atoms with Crippen LogP contribution in [0.15, 0.2) is 101 Å². The van der Waals surface area contributed by atoms with Crippen LogP contribution in [0.2, 0.25) is 0 Å². The predicted molar refractivity (Wildman–Crippen MR) is 156 cm³/mol. The van der Waals surface area contributed by atoms with Crippen molar-refractivity contribution < 1.29 is 28.5 Å². The van der Waals surface area contributed by atoms with Gasteiger partial charge in [-0.3, -0.25) is 4.79 Å². The molecule has 8 nitrogen and oxygen atoms in total. The molecule has 204 valence electrons. The summed E-state index contributed by atoms with van der Waals surface area (Å²) < 4.78 is 23.2. The fourth-order valence-corrected chi connectivity index (χ4v) is 3.81. The number of rotatable bonds is 11. The van der Waals surface area contributed by atoms with Crippen LogP contribution >= 0.6 is 15.9 Å². The van der Waals surface area contributed by atoms with Crippen molar-refractivity contribution in [2.75, 3.05) is 13.7 Å². The van der Waals surface area contributed by atoms with Crippen molar-refractivity contribution >= 4 is 34.0 Å². The quantitative estimate of drug-likeness (QED) is 0.0921. The molecule has 0 radical (unpaired) electrons. The zero-order chi connectivity index (χ0) is 28.3. The average Bonchev–Trinajstić information content (AvgIpc) is 2.98. The number of hydrogen-bond acceptors (Lipinski definition) is 7. The van der Waals surface area contributed by atoms with E-state index in [0.29, 0.717) is 47.2 Å². The fourth-order valence-electron chi connectivity index (χ4n) is 3.55. The van der Waals surface area contributed by atoms with Crippen LogP contribution in [0.4, 0.5) is 0 Å². The van der Waals surface area contributed by atoms with Gasteiger partial charge in [-0.25, -0.2) is 10.2 Å². The van der Waals surface area contributed by atoms with E-state index in [1.807, 2.05) is 31.2 Å². The Morgan fingerprint density at radius 2 is 1.62 bits per heavy atom. The monoisotopic (exact) mass is 602 g/mol. The first-order chi connectivity index (χ1) is 19.4. The van der Waals surface area contributed by atoms with Crippen molar-refractivity contribution in [3.8, 4) is 23.0 Å². The summed E-state index contributed by atoms with van der Waals surface area (Å²) >= 11 is 3.41. The molecule has 0 aliphatic rings. The van der Waals surface area contributed by atoms with E-state index >= 15 is 0 Å². The van der Waals surface area contributed by atoms with Crippen LogP contribution in [0.25, 0.3) is 0 Å². The number of benzene rings is 4. The Labute approximate surface area is 240 Å². The van der Waals surface area contributed by atoms with Gasteiger partial charge in [0.05, 0.1) is 25.5 Å². The molecule has 0 bridgehead atoms. The smallest absolute Gasteiger partial charge is 0.343 e. The minimum absolute atomic E-state index is 0.262. The molecule has 0 heterocycles. The van der Waals surface area contributed by atoms with Gasteiger partial charge in [0.25, 0.3) is 5.91 Å². The lowest BCUT2D eigenvalue weighted by molar-refractivity contribution is 0.0727. The van der Waals surface area contributed by atoms with Crippen molar-refractivity contribution in [2.45, 2.75) is 13.5 Å². The van der Waals surface area contributed by atoms with Crippen LogP contribution in [0.5, 0.6) is 23.0 Å². The van der Waals surface area contributed by atoms with Crippen LogP contribution < -0.4 is 24.4 Å². The molecular formula is C31H27BrN2O6. The van der Waals surface area contributed by atoms with E-state index in [1.165, 1.54) is 13.3 Å². The van der Waals surface area contributed by atoms with Crippen molar-refractivity contribution in [1.29, 1.82) is 0 Å². The lowest BCUT2D eigenvalue weighted by Crippen LogP contribution is -2.17. The number of nitrogens with one attached hydrogen (secondary N) is 1. The second-order valence-electron chi connectivity index (χ2n) is 8.40. The third-order valence-corrected chi connectivity index (χ3v) is 6.12. The molecule has 9 heteroatoms. The molecule has 1 amide bonds. The van der Waals surface area contributed by atoms with Crippen molar-refractivity contribution in [3.63, 3.8) is 0 Å². The molecule has 0 atom stereocenters. The number of nitrogens with zero attached hydrogens (tertiary/aromatic N) is 1. The van der Waals surface area contributed by atoms with E-state index in [0.717, 1.165) is 10.0 Å². The Kier molecular flexibility index (Phi) is 9.90. The molecule has 4 rings (SSSR count). The van der Waals surface area contributed by atoms with Gasteiger partial charge in [-0.15, -0.1) is 0 Å². The predicted octanol–water partition coefficient (Wildman–Crippen LogP) is 6.42. The van der Waals surface area contributed by atoms with Gasteiger partial charge in [0.1, 0.15) is 18.1 Å². The molecule has 0 aromatic heterocycles. The van der Waals surface area contributed by atoms with Crippen LogP contribution in [-0.2, 0) is 6.61 Å². The van der Waals surface area contributed by atoms with Gasteiger partial charge >= 0.3 is 5.97 Å². The highest BCUT2D eigenvalue weighted by atomic mass is 79.9. The number of halogens is 1. The van der Waals surface area contributed by atoms with Gasteiger partial charge in [0.15, 0.2) is 11.5 Å². The summed E-state index contributed by atoms with van der Waals surface area (Å²) in [4.78, 5) is 25.1. The summed E-state index contributed by atoms with van der Waals surface area (Å²) in [5, 5.41) is 4.05.